The minimum Gasteiger partial charge on any atom is -0.495 e. The predicted molar refractivity (Wildman–Crippen MR) is 102 cm³/mol. The number of hydrogen-bond acceptors (Lipinski definition) is 6. The standard InChI is InChI=1S/C20H21ClN2O6/c1-28-14-5-4-12(21)7-13(14)22-15(24)9-29-16(25)8-23-19(26)17-10-2-3-11(6-10)18(17)20(23)27/h4-5,7,10-11,17-18H,2-3,6,8-9H2,1H3,(H,22,24)/t10-,11-,17+,18+/m1/s1. The molecule has 3 amide bonds. The van der Waals surface area contributed by atoms with Gasteiger partial charge < -0.3 is 14.8 Å². The molecule has 1 aliphatic heterocycles. The first-order chi connectivity index (χ1) is 13.9. The van der Waals surface area contributed by atoms with E-state index >= 15 is 0 Å². The van der Waals surface area contributed by atoms with Gasteiger partial charge in [-0.15, -0.1) is 0 Å². The second kappa shape index (κ2) is 7.67. The van der Waals surface area contributed by atoms with E-state index in [1.807, 2.05) is 0 Å². The molecule has 3 aliphatic rings. The largest absolute Gasteiger partial charge is 0.495 e. The van der Waals surface area contributed by atoms with E-state index in [4.69, 9.17) is 21.1 Å². The summed E-state index contributed by atoms with van der Waals surface area (Å²) < 4.78 is 10.1. The fourth-order valence-corrected chi connectivity index (χ4v) is 5.08. The van der Waals surface area contributed by atoms with E-state index in [-0.39, 0.29) is 35.5 Å². The van der Waals surface area contributed by atoms with Gasteiger partial charge in [-0.1, -0.05) is 11.6 Å². The highest BCUT2D eigenvalue weighted by atomic mass is 35.5. The number of amides is 3. The van der Waals surface area contributed by atoms with Gasteiger partial charge in [0.25, 0.3) is 5.91 Å². The van der Waals surface area contributed by atoms with E-state index in [0.717, 1.165) is 24.2 Å². The Hall–Kier alpha value is -2.61. The number of likely N-dealkylation sites (tertiary alicyclic amines) is 1. The summed E-state index contributed by atoms with van der Waals surface area (Å²) in [6.45, 7) is -1.01. The Morgan fingerprint density at radius 3 is 2.45 bits per heavy atom. The molecule has 1 heterocycles. The molecule has 1 N–H and O–H groups in total. The second-order valence-electron chi connectivity index (χ2n) is 7.70. The number of ether oxygens (including phenoxy) is 2. The summed E-state index contributed by atoms with van der Waals surface area (Å²) in [6.07, 6.45) is 2.87. The van der Waals surface area contributed by atoms with Crippen LogP contribution in [0.4, 0.5) is 5.69 Å². The third-order valence-corrected chi connectivity index (χ3v) is 6.34. The van der Waals surface area contributed by atoms with Crippen molar-refractivity contribution in [3.05, 3.63) is 23.2 Å². The Balaban J connectivity index is 1.30. The molecule has 4 rings (SSSR count). The molecule has 0 radical (unpaired) electrons. The lowest BCUT2D eigenvalue weighted by Gasteiger charge is -2.19. The van der Waals surface area contributed by atoms with Crippen molar-refractivity contribution in [2.24, 2.45) is 23.7 Å². The Kier molecular flexibility index (Phi) is 5.21. The summed E-state index contributed by atoms with van der Waals surface area (Å²) >= 11 is 5.91. The smallest absolute Gasteiger partial charge is 0.326 e. The van der Waals surface area contributed by atoms with Crippen LogP contribution in [0.1, 0.15) is 19.3 Å². The van der Waals surface area contributed by atoms with Gasteiger partial charge in [0, 0.05) is 5.02 Å². The van der Waals surface area contributed by atoms with E-state index < -0.39 is 25.0 Å². The average molecular weight is 421 g/mol. The number of esters is 1. The normalized spacial score (nSPS) is 27.2. The van der Waals surface area contributed by atoms with Gasteiger partial charge in [0.15, 0.2) is 6.61 Å². The van der Waals surface area contributed by atoms with Crippen LogP contribution < -0.4 is 10.1 Å². The Bertz CT molecular complexity index is 860. The highest BCUT2D eigenvalue weighted by Gasteiger charge is 2.61. The molecule has 29 heavy (non-hydrogen) atoms. The number of anilines is 1. The van der Waals surface area contributed by atoms with Gasteiger partial charge in [-0.25, -0.2) is 0 Å². The first-order valence-corrected chi connectivity index (χ1v) is 9.91. The molecule has 8 nitrogen and oxygen atoms in total. The number of imide groups is 1. The fraction of sp³-hybridized carbons (Fsp3) is 0.500. The minimum absolute atomic E-state index is 0.251. The fourth-order valence-electron chi connectivity index (χ4n) is 4.91. The molecule has 1 aromatic rings. The first-order valence-electron chi connectivity index (χ1n) is 9.53. The SMILES string of the molecule is COc1ccc(Cl)cc1NC(=O)COC(=O)CN1C(=O)[C@H]2[C@@H]3CC[C@H](C3)[C@@H]2C1=O. The van der Waals surface area contributed by atoms with Gasteiger partial charge in [-0.2, -0.15) is 0 Å². The molecule has 2 saturated carbocycles. The lowest BCUT2D eigenvalue weighted by atomic mass is 9.81. The molecule has 0 unspecified atom stereocenters. The number of halogens is 1. The van der Waals surface area contributed by atoms with E-state index in [1.54, 1.807) is 12.1 Å². The average Bonchev–Trinajstić information content (AvgIpc) is 3.37. The summed E-state index contributed by atoms with van der Waals surface area (Å²) in [7, 11) is 1.45. The van der Waals surface area contributed by atoms with Gasteiger partial charge in [-0.3, -0.25) is 24.1 Å². The van der Waals surface area contributed by atoms with Crippen LogP contribution in [0.5, 0.6) is 5.75 Å². The molecule has 9 heteroatoms. The maximum Gasteiger partial charge on any atom is 0.326 e. The molecule has 2 aliphatic carbocycles. The maximum absolute atomic E-state index is 12.6. The summed E-state index contributed by atoms with van der Waals surface area (Å²) in [4.78, 5) is 50.4. The maximum atomic E-state index is 12.6. The molecule has 3 fully saturated rings. The number of methoxy groups -OCH3 is 1. The number of hydrogen-bond donors (Lipinski definition) is 1. The van der Waals surface area contributed by atoms with Gasteiger partial charge in [0.1, 0.15) is 12.3 Å². The summed E-state index contributed by atoms with van der Waals surface area (Å²) in [5.74, 6) is -1.61. The lowest BCUT2D eigenvalue weighted by molar-refractivity contribution is -0.154. The molecular formula is C20H21ClN2O6. The van der Waals surface area contributed by atoms with Crippen LogP contribution in [0, 0.1) is 23.7 Å². The number of nitrogens with one attached hydrogen (secondary N) is 1. The number of nitrogens with zero attached hydrogens (tertiary/aromatic N) is 1. The number of benzene rings is 1. The van der Waals surface area contributed by atoms with Gasteiger partial charge in [-0.05, 0) is 49.3 Å². The van der Waals surface area contributed by atoms with E-state index in [2.05, 4.69) is 5.32 Å². The van der Waals surface area contributed by atoms with Crippen molar-refractivity contribution in [3.8, 4) is 5.75 Å². The Labute approximate surface area is 172 Å². The van der Waals surface area contributed by atoms with Gasteiger partial charge >= 0.3 is 5.97 Å². The summed E-state index contributed by atoms with van der Waals surface area (Å²) in [5.41, 5.74) is 0.342. The molecule has 154 valence electrons. The molecule has 0 aromatic heterocycles. The van der Waals surface area contributed by atoms with E-state index in [0.29, 0.717) is 16.5 Å². The number of fused-ring (bicyclic) bond motifs is 5. The van der Waals surface area contributed by atoms with Crippen molar-refractivity contribution < 1.29 is 28.7 Å². The first kappa shape index (κ1) is 19.7. The molecule has 0 spiro atoms. The van der Waals surface area contributed by atoms with Crippen LogP contribution in [0.2, 0.25) is 5.02 Å². The van der Waals surface area contributed by atoms with Crippen molar-refractivity contribution >= 4 is 41.0 Å². The Morgan fingerprint density at radius 1 is 1.17 bits per heavy atom. The second-order valence-corrected chi connectivity index (χ2v) is 8.14. The van der Waals surface area contributed by atoms with Crippen LogP contribution in [0.25, 0.3) is 0 Å². The number of rotatable bonds is 6. The zero-order chi connectivity index (χ0) is 20.7. The van der Waals surface area contributed by atoms with Gasteiger partial charge in [0.05, 0.1) is 24.6 Å². The van der Waals surface area contributed by atoms with Crippen molar-refractivity contribution in [2.75, 3.05) is 25.6 Å². The van der Waals surface area contributed by atoms with Crippen LogP contribution in [0.15, 0.2) is 18.2 Å². The highest BCUT2D eigenvalue weighted by molar-refractivity contribution is 6.31. The van der Waals surface area contributed by atoms with Crippen LogP contribution in [0.3, 0.4) is 0 Å². The number of carbonyl (C=O) groups excluding carboxylic acids is 4. The third kappa shape index (κ3) is 3.57. The van der Waals surface area contributed by atoms with Crippen LogP contribution >= 0.6 is 11.6 Å². The van der Waals surface area contributed by atoms with Crippen LogP contribution in [-0.2, 0) is 23.9 Å². The van der Waals surface area contributed by atoms with E-state index in [9.17, 15) is 19.2 Å². The number of carbonyl (C=O) groups is 4. The summed E-state index contributed by atoms with van der Waals surface area (Å²) in [6, 6.07) is 4.72. The minimum atomic E-state index is -0.799. The van der Waals surface area contributed by atoms with Crippen molar-refractivity contribution in [1.82, 2.24) is 4.90 Å². The summed E-state index contributed by atoms with van der Waals surface area (Å²) in [5, 5.41) is 2.95. The van der Waals surface area contributed by atoms with Crippen molar-refractivity contribution in [3.63, 3.8) is 0 Å². The molecular weight excluding hydrogens is 400 g/mol. The third-order valence-electron chi connectivity index (χ3n) is 6.11. The molecule has 2 bridgehead atoms. The quantitative estimate of drug-likeness (QED) is 0.556. The predicted octanol–water partition coefficient (Wildman–Crippen LogP) is 1.86. The molecule has 1 saturated heterocycles. The van der Waals surface area contributed by atoms with Crippen molar-refractivity contribution in [2.45, 2.75) is 19.3 Å². The molecule has 4 atom stereocenters. The monoisotopic (exact) mass is 420 g/mol. The van der Waals surface area contributed by atoms with Gasteiger partial charge in [0.2, 0.25) is 11.8 Å². The van der Waals surface area contributed by atoms with Crippen LogP contribution in [-0.4, -0.2) is 48.9 Å². The lowest BCUT2D eigenvalue weighted by Crippen LogP contribution is -2.38. The molecule has 1 aromatic carbocycles. The van der Waals surface area contributed by atoms with E-state index in [1.165, 1.54) is 13.2 Å². The zero-order valence-corrected chi connectivity index (χ0v) is 16.6. The topological polar surface area (TPSA) is 102 Å². The van der Waals surface area contributed by atoms with Crippen molar-refractivity contribution in [1.29, 1.82) is 0 Å². The zero-order valence-electron chi connectivity index (χ0n) is 15.9. The highest BCUT2D eigenvalue weighted by Crippen LogP contribution is 2.56. The Morgan fingerprint density at radius 2 is 1.83 bits per heavy atom.